The van der Waals surface area contributed by atoms with Crippen molar-refractivity contribution in [2.24, 2.45) is 0 Å². The Morgan fingerprint density at radius 2 is 1.88 bits per heavy atom. The van der Waals surface area contributed by atoms with Crippen LogP contribution < -0.4 is 16.2 Å². The summed E-state index contributed by atoms with van der Waals surface area (Å²) in [5.41, 5.74) is 0.481. The van der Waals surface area contributed by atoms with E-state index in [4.69, 9.17) is 0 Å². The lowest BCUT2D eigenvalue weighted by molar-refractivity contribution is -0.122. The van der Waals surface area contributed by atoms with Gasteiger partial charge in [0, 0.05) is 18.3 Å². The second-order valence-electron chi connectivity index (χ2n) is 6.96. The number of rotatable bonds is 9. The molecule has 0 unspecified atom stereocenters. The fourth-order valence-electron chi connectivity index (χ4n) is 2.91. The van der Waals surface area contributed by atoms with Gasteiger partial charge in [0.05, 0.1) is 23.2 Å². The standard InChI is InChI=1S/C22H22F2N4O3S/c1-2-3-10-28-21(31)15-6-4-5-7-18(15)27-22(28)32-13-20(30)25-12-19(29)26-14-8-9-16(23)17(24)11-14/h4-9,11H,2-3,10,12-13H2,1H3,(H,25,30)(H,26,29). The predicted molar refractivity (Wildman–Crippen MR) is 120 cm³/mol. The van der Waals surface area contributed by atoms with E-state index in [0.29, 0.717) is 22.6 Å². The molecule has 1 aromatic heterocycles. The molecule has 0 aliphatic heterocycles. The van der Waals surface area contributed by atoms with Crippen LogP contribution in [0.2, 0.25) is 0 Å². The number of fused-ring (bicyclic) bond motifs is 1. The molecule has 7 nitrogen and oxygen atoms in total. The van der Waals surface area contributed by atoms with Crippen molar-refractivity contribution in [3.63, 3.8) is 0 Å². The van der Waals surface area contributed by atoms with Gasteiger partial charge in [0.2, 0.25) is 11.8 Å². The van der Waals surface area contributed by atoms with Crippen molar-refractivity contribution in [3.8, 4) is 0 Å². The number of anilines is 1. The number of nitrogens with one attached hydrogen (secondary N) is 2. The third-order valence-electron chi connectivity index (χ3n) is 4.54. The van der Waals surface area contributed by atoms with Crippen molar-refractivity contribution in [2.45, 2.75) is 31.5 Å². The zero-order valence-corrected chi connectivity index (χ0v) is 18.2. The SMILES string of the molecule is CCCCn1c(SCC(=O)NCC(=O)Nc2ccc(F)c(F)c2)nc2ccccc2c1=O. The molecular formula is C22H22F2N4O3S. The molecule has 0 bridgehead atoms. The van der Waals surface area contributed by atoms with Crippen LogP contribution in [0.1, 0.15) is 19.8 Å². The number of amides is 2. The molecule has 1 heterocycles. The minimum absolute atomic E-state index is 0.0463. The molecule has 0 spiro atoms. The maximum absolute atomic E-state index is 13.2. The molecule has 0 saturated heterocycles. The highest BCUT2D eigenvalue weighted by Crippen LogP contribution is 2.18. The number of benzene rings is 2. The molecule has 0 radical (unpaired) electrons. The van der Waals surface area contributed by atoms with Gasteiger partial charge in [-0.05, 0) is 30.7 Å². The molecule has 168 valence electrons. The Hall–Kier alpha value is -3.27. The van der Waals surface area contributed by atoms with Crippen molar-refractivity contribution in [1.29, 1.82) is 0 Å². The number of unbranched alkanes of at least 4 members (excludes halogenated alkanes) is 1. The first-order valence-electron chi connectivity index (χ1n) is 10.0. The molecule has 10 heteroatoms. The first-order chi connectivity index (χ1) is 15.4. The Morgan fingerprint density at radius 1 is 1.09 bits per heavy atom. The fraction of sp³-hybridized carbons (Fsp3) is 0.273. The first kappa shape index (κ1) is 23.4. The molecule has 2 amide bonds. The van der Waals surface area contributed by atoms with E-state index in [2.05, 4.69) is 15.6 Å². The number of thioether (sulfide) groups is 1. The molecule has 0 aliphatic carbocycles. The summed E-state index contributed by atoms with van der Waals surface area (Å²) in [4.78, 5) is 41.5. The number of halogens is 2. The van der Waals surface area contributed by atoms with E-state index in [1.807, 2.05) is 6.92 Å². The Morgan fingerprint density at radius 3 is 2.62 bits per heavy atom. The zero-order valence-electron chi connectivity index (χ0n) is 17.4. The molecule has 2 N–H and O–H groups in total. The van der Waals surface area contributed by atoms with Crippen LogP contribution in [0.25, 0.3) is 10.9 Å². The summed E-state index contributed by atoms with van der Waals surface area (Å²) in [5.74, 6) is -3.17. The highest BCUT2D eigenvalue weighted by molar-refractivity contribution is 7.99. The summed E-state index contributed by atoms with van der Waals surface area (Å²) in [6.07, 6.45) is 1.70. The maximum Gasteiger partial charge on any atom is 0.262 e. The average Bonchev–Trinajstić information content (AvgIpc) is 2.78. The van der Waals surface area contributed by atoms with Crippen molar-refractivity contribution in [3.05, 3.63) is 64.5 Å². The van der Waals surface area contributed by atoms with Crippen molar-refractivity contribution in [2.75, 3.05) is 17.6 Å². The number of hydrogen-bond acceptors (Lipinski definition) is 5. The van der Waals surface area contributed by atoms with E-state index >= 15 is 0 Å². The quantitative estimate of drug-likeness (QED) is 0.378. The molecular weight excluding hydrogens is 438 g/mol. The Bertz CT molecular complexity index is 1200. The summed E-state index contributed by atoms with van der Waals surface area (Å²) in [6, 6.07) is 10.0. The number of aromatic nitrogens is 2. The number of nitrogens with zero attached hydrogens (tertiary/aromatic N) is 2. The lowest BCUT2D eigenvalue weighted by atomic mass is 10.2. The van der Waals surface area contributed by atoms with E-state index in [-0.39, 0.29) is 23.5 Å². The van der Waals surface area contributed by atoms with Crippen LogP contribution in [0.4, 0.5) is 14.5 Å². The van der Waals surface area contributed by atoms with Gasteiger partial charge in [-0.25, -0.2) is 13.8 Å². The molecule has 3 aromatic rings. The van der Waals surface area contributed by atoms with Crippen molar-refractivity contribution >= 4 is 40.2 Å². The Labute approximate surface area is 187 Å². The number of hydrogen-bond donors (Lipinski definition) is 2. The molecule has 0 aliphatic rings. The topological polar surface area (TPSA) is 93.1 Å². The van der Waals surface area contributed by atoms with Crippen molar-refractivity contribution < 1.29 is 18.4 Å². The molecule has 3 rings (SSSR count). The highest BCUT2D eigenvalue weighted by Gasteiger charge is 2.14. The summed E-state index contributed by atoms with van der Waals surface area (Å²) in [7, 11) is 0. The number of carbonyl (C=O) groups excluding carboxylic acids is 2. The fourth-order valence-corrected chi connectivity index (χ4v) is 3.77. The van der Waals surface area contributed by atoms with Gasteiger partial charge in [0.1, 0.15) is 0 Å². The largest absolute Gasteiger partial charge is 0.346 e. The second kappa shape index (κ2) is 10.9. The van der Waals surface area contributed by atoms with Gasteiger partial charge in [0.15, 0.2) is 16.8 Å². The maximum atomic E-state index is 13.2. The lowest BCUT2D eigenvalue weighted by Gasteiger charge is -2.13. The van der Waals surface area contributed by atoms with Crippen LogP contribution in [-0.2, 0) is 16.1 Å². The molecule has 0 atom stereocenters. The van der Waals surface area contributed by atoms with Crippen molar-refractivity contribution in [1.82, 2.24) is 14.9 Å². The number of carbonyl (C=O) groups is 2. The van der Waals surface area contributed by atoms with Gasteiger partial charge in [-0.15, -0.1) is 0 Å². The van der Waals surface area contributed by atoms with Crippen LogP contribution in [0.5, 0.6) is 0 Å². The van der Waals surface area contributed by atoms with Gasteiger partial charge < -0.3 is 10.6 Å². The van der Waals surface area contributed by atoms with Gasteiger partial charge in [0.25, 0.3) is 5.56 Å². The minimum Gasteiger partial charge on any atom is -0.346 e. The Kier molecular flexibility index (Phi) is 7.93. The summed E-state index contributed by atoms with van der Waals surface area (Å²) < 4.78 is 27.7. The van der Waals surface area contributed by atoms with Crippen LogP contribution in [0.15, 0.2) is 52.4 Å². The molecule has 32 heavy (non-hydrogen) atoms. The van der Waals surface area contributed by atoms with Gasteiger partial charge in [-0.3, -0.25) is 19.0 Å². The third-order valence-corrected chi connectivity index (χ3v) is 5.52. The van der Waals surface area contributed by atoms with Crippen LogP contribution >= 0.6 is 11.8 Å². The molecule has 2 aromatic carbocycles. The van der Waals surface area contributed by atoms with Crippen LogP contribution in [-0.4, -0.2) is 33.7 Å². The second-order valence-corrected chi connectivity index (χ2v) is 7.91. The first-order valence-corrected chi connectivity index (χ1v) is 11.0. The summed E-state index contributed by atoms with van der Waals surface area (Å²) >= 11 is 1.11. The third kappa shape index (κ3) is 5.91. The van der Waals surface area contributed by atoms with Crippen LogP contribution in [0.3, 0.4) is 0 Å². The predicted octanol–water partition coefficient (Wildman–Crippen LogP) is 3.32. The van der Waals surface area contributed by atoms with E-state index in [0.717, 1.165) is 36.7 Å². The van der Waals surface area contributed by atoms with E-state index in [9.17, 15) is 23.2 Å². The van der Waals surface area contributed by atoms with E-state index in [1.54, 1.807) is 28.8 Å². The molecule has 0 saturated carbocycles. The summed E-state index contributed by atoms with van der Waals surface area (Å²) in [5, 5.41) is 5.79. The molecule has 0 fully saturated rings. The van der Waals surface area contributed by atoms with E-state index < -0.39 is 23.4 Å². The average molecular weight is 461 g/mol. The normalized spacial score (nSPS) is 10.8. The van der Waals surface area contributed by atoms with E-state index in [1.165, 1.54) is 6.07 Å². The van der Waals surface area contributed by atoms with Gasteiger partial charge >= 0.3 is 0 Å². The Balaban J connectivity index is 1.60. The monoisotopic (exact) mass is 460 g/mol. The zero-order chi connectivity index (χ0) is 23.1. The van der Waals surface area contributed by atoms with Gasteiger partial charge in [-0.1, -0.05) is 37.2 Å². The highest BCUT2D eigenvalue weighted by atomic mass is 32.2. The van der Waals surface area contributed by atoms with Gasteiger partial charge in [-0.2, -0.15) is 0 Å². The number of para-hydroxylation sites is 1. The lowest BCUT2D eigenvalue weighted by Crippen LogP contribution is -2.34. The smallest absolute Gasteiger partial charge is 0.262 e. The summed E-state index contributed by atoms with van der Waals surface area (Å²) in [6.45, 7) is 2.17. The van der Waals surface area contributed by atoms with Crippen LogP contribution in [0, 0.1) is 11.6 Å². The minimum atomic E-state index is -1.08.